The molecule has 0 aromatic rings. The van der Waals surface area contributed by atoms with Gasteiger partial charge in [0.25, 0.3) is 0 Å². The third-order valence-corrected chi connectivity index (χ3v) is 2.74. The highest BCUT2D eigenvalue weighted by atomic mass is 16.8. The van der Waals surface area contributed by atoms with Crippen molar-refractivity contribution in [1.82, 2.24) is 5.48 Å². The summed E-state index contributed by atoms with van der Waals surface area (Å²) in [5, 5.41) is 28.5. The van der Waals surface area contributed by atoms with Gasteiger partial charge in [-0.25, -0.2) is 0 Å². The maximum Gasteiger partial charge on any atom is 0.239 e. The second kappa shape index (κ2) is 5.90. The second-order valence-electron chi connectivity index (χ2n) is 4.08. The van der Waals surface area contributed by atoms with Gasteiger partial charge in [0.1, 0.15) is 18.8 Å². The normalized spacial score (nSPS) is 39.2. The van der Waals surface area contributed by atoms with E-state index in [1.807, 2.05) is 6.92 Å². The van der Waals surface area contributed by atoms with Crippen LogP contribution in [0.4, 0.5) is 0 Å². The van der Waals surface area contributed by atoms with Crippen molar-refractivity contribution in [3.8, 4) is 0 Å². The van der Waals surface area contributed by atoms with E-state index in [9.17, 15) is 15.3 Å². The number of aliphatic hydroxyl groups excluding tert-OH is 3. The molecule has 0 aliphatic carbocycles. The van der Waals surface area contributed by atoms with E-state index in [1.54, 1.807) is 6.92 Å². The first kappa shape index (κ1) is 13.8. The first-order chi connectivity index (χ1) is 7.57. The SMILES string of the molecule is CCCCNO[C@@]1(CO)O[C@H](C)[C@H](O)[C@H]1O. The van der Waals surface area contributed by atoms with Crippen molar-refractivity contribution in [2.24, 2.45) is 0 Å². The van der Waals surface area contributed by atoms with Crippen LogP contribution in [0.15, 0.2) is 0 Å². The molecule has 4 N–H and O–H groups in total. The third-order valence-electron chi connectivity index (χ3n) is 2.74. The van der Waals surface area contributed by atoms with Gasteiger partial charge < -0.3 is 20.1 Å². The molecule has 1 fully saturated rings. The highest BCUT2D eigenvalue weighted by Crippen LogP contribution is 2.31. The Morgan fingerprint density at radius 2 is 2.12 bits per heavy atom. The summed E-state index contributed by atoms with van der Waals surface area (Å²) in [6, 6.07) is 0. The standard InChI is InChI=1S/C10H21NO5/c1-3-4-5-11-16-10(6-12)9(14)8(13)7(2)15-10/h7-9,11-14H,3-6H2,1-2H3/t7-,8+,9-,10-/m1/s1. The van der Waals surface area contributed by atoms with E-state index in [1.165, 1.54) is 0 Å². The van der Waals surface area contributed by atoms with Crippen LogP contribution in [0.2, 0.25) is 0 Å². The van der Waals surface area contributed by atoms with Crippen molar-refractivity contribution < 1.29 is 24.9 Å². The second-order valence-corrected chi connectivity index (χ2v) is 4.08. The average Bonchev–Trinajstić information content (AvgIpc) is 2.50. The van der Waals surface area contributed by atoms with Crippen molar-refractivity contribution in [3.05, 3.63) is 0 Å². The van der Waals surface area contributed by atoms with Crippen molar-refractivity contribution in [2.45, 2.75) is 50.8 Å². The van der Waals surface area contributed by atoms with Crippen LogP contribution >= 0.6 is 0 Å². The van der Waals surface area contributed by atoms with E-state index in [0.717, 1.165) is 12.8 Å². The Bertz CT molecular complexity index is 215. The summed E-state index contributed by atoms with van der Waals surface area (Å²) in [6.07, 6.45) is -0.974. The summed E-state index contributed by atoms with van der Waals surface area (Å²) in [7, 11) is 0. The molecule has 6 heteroatoms. The number of hydrogen-bond donors (Lipinski definition) is 4. The molecule has 0 unspecified atom stereocenters. The molecule has 16 heavy (non-hydrogen) atoms. The van der Waals surface area contributed by atoms with Crippen LogP contribution in [-0.4, -0.2) is 52.6 Å². The van der Waals surface area contributed by atoms with Crippen molar-refractivity contribution >= 4 is 0 Å². The van der Waals surface area contributed by atoms with Gasteiger partial charge in [0.15, 0.2) is 0 Å². The summed E-state index contributed by atoms with van der Waals surface area (Å²) >= 11 is 0. The van der Waals surface area contributed by atoms with Crippen LogP contribution in [0.5, 0.6) is 0 Å². The number of rotatable bonds is 6. The summed E-state index contributed by atoms with van der Waals surface area (Å²) in [6.45, 7) is 3.73. The number of aliphatic hydroxyl groups is 3. The fraction of sp³-hybridized carbons (Fsp3) is 1.00. The first-order valence-electron chi connectivity index (χ1n) is 5.63. The summed E-state index contributed by atoms with van der Waals surface area (Å²) in [5.41, 5.74) is 2.64. The van der Waals surface area contributed by atoms with Gasteiger partial charge in [-0.15, -0.1) is 0 Å². The molecule has 0 aromatic carbocycles. The molecule has 1 rings (SSSR count). The molecule has 1 heterocycles. The Labute approximate surface area is 95.1 Å². The molecule has 6 nitrogen and oxygen atoms in total. The monoisotopic (exact) mass is 235 g/mol. The topological polar surface area (TPSA) is 91.2 Å². The summed E-state index contributed by atoms with van der Waals surface area (Å²) in [5.74, 6) is -1.56. The minimum Gasteiger partial charge on any atom is -0.391 e. The van der Waals surface area contributed by atoms with Gasteiger partial charge in [-0.3, -0.25) is 4.84 Å². The lowest BCUT2D eigenvalue weighted by Gasteiger charge is -2.29. The predicted octanol–water partition coefficient (Wildman–Crippen LogP) is -0.863. The van der Waals surface area contributed by atoms with E-state index in [0.29, 0.717) is 6.54 Å². The van der Waals surface area contributed by atoms with Gasteiger partial charge in [0.05, 0.1) is 6.10 Å². The Morgan fingerprint density at radius 1 is 1.44 bits per heavy atom. The molecular weight excluding hydrogens is 214 g/mol. The lowest BCUT2D eigenvalue weighted by Crippen LogP contribution is -2.51. The molecule has 1 saturated heterocycles. The zero-order valence-electron chi connectivity index (χ0n) is 9.72. The summed E-state index contributed by atoms with van der Waals surface area (Å²) in [4.78, 5) is 5.16. The number of ether oxygens (including phenoxy) is 1. The van der Waals surface area contributed by atoms with E-state index in [4.69, 9.17) is 9.57 Å². The Kier molecular flexibility index (Phi) is 5.10. The minimum absolute atomic E-state index is 0.519. The van der Waals surface area contributed by atoms with Crippen LogP contribution in [-0.2, 0) is 9.57 Å². The maximum absolute atomic E-state index is 9.73. The Balaban J connectivity index is 2.50. The van der Waals surface area contributed by atoms with E-state index < -0.39 is 30.7 Å². The van der Waals surface area contributed by atoms with Crippen molar-refractivity contribution in [2.75, 3.05) is 13.2 Å². The summed E-state index contributed by atoms with van der Waals surface area (Å²) < 4.78 is 5.27. The molecule has 0 bridgehead atoms. The quantitative estimate of drug-likeness (QED) is 0.354. The average molecular weight is 235 g/mol. The predicted molar refractivity (Wildman–Crippen MR) is 56.4 cm³/mol. The van der Waals surface area contributed by atoms with Gasteiger partial charge >= 0.3 is 0 Å². The Hall–Kier alpha value is -0.240. The van der Waals surface area contributed by atoms with Crippen molar-refractivity contribution in [3.63, 3.8) is 0 Å². The zero-order valence-corrected chi connectivity index (χ0v) is 9.72. The van der Waals surface area contributed by atoms with Gasteiger partial charge in [-0.05, 0) is 13.3 Å². The van der Waals surface area contributed by atoms with Crippen LogP contribution in [0.3, 0.4) is 0 Å². The van der Waals surface area contributed by atoms with E-state index in [-0.39, 0.29) is 0 Å². The largest absolute Gasteiger partial charge is 0.391 e. The van der Waals surface area contributed by atoms with Crippen LogP contribution in [0, 0.1) is 0 Å². The molecule has 0 spiro atoms. The molecule has 96 valence electrons. The molecule has 1 aliphatic heterocycles. The third kappa shape index (κ3) is 2.71. The number of unbranched alkanes of at least 4 members (excludes halogenated alkanes) is 1. The zero-order chi connectivity index (χ0) is 12.2. The Morgan fingerprint density at radius 3 is 2.56 bits per heavy atom. The fourth-order valence-corrected chi connectivity index (χ4v) is 1.64. The molecule has 0 amide bonds. The number of nitrogens with one attached hydrogen (secondary N) is 1. The molecule has 4 atom stereocenters. The van der Waals surface area contributed by atoms with Crippen LogP contribution < -0.4 is 5.48 Å². The lowest BCUT2D eigenvalue weighted by molar-refractivity contribution is -0.298. The molecule has 0 aromatic heterocycles. The highest BCUT2D eigenvalue weighted by Gasteiger charge is 2.54. The van der Waals surface area contributed by atoms with Crippen LogP contribution in [0.1, 0.15) is 26.7 Å². The molecule has 0 radical (unpaired) electrons. The minimum atomic E-state index is -1.56. The maximum atomic E-state index is 9.73. The van der Waals surface area contributed by atoms with Gasteiger partial charge in [-0.1, -0.05) is 13.3 Å². The fourth-order valence-electron chi connectivity index (χ4n) is 1.64. The smallest absolute Gasteiger partial charge is 0.239 e. The molecule has 0 saturated carbocycles. The van der Waals surface area contributed by atoms with Gasteiger partial charge in [0.2, 0.25) is 5.79 Å². The van der Waals surface area contributed by atoms with Gasteiger partial charge in [-0.2, -0.15) is 5.48 Å². The number of hydroxylamine groups is 1. The van der Waals surface area contributed by atoms with E-state index in [2.05, 4.69) is 5.48 Å². The van der Waals surface area contributed by atoms with Gasteiger partial charge in [0, 0.05) is 6.54 Å². The highest BCUT2D eigenvalue weighted by molar-refractivity contribution is 4.94. The van der Waals surface area contributed by atoms with Crippen LogP contribution in [0.25, 0.3) is 0 Å². The number of hydrogen-bond acceptors (Lipinski definition) is 6. The first-order valence-corrected chi connectivity index (χ1v) is 5.63. The lowest BCUT2D eigenvalue weighted by atomic mass is 10.1. The van der Waals surface area contributed by atoms with Crippen molar-refractivity contribution in [1.29, 1.82) is 0 Å². The van der Waals surface area contributed by atoms with E-state index >= 15 is 0 Å². The molecular formula is C10H21NO5. The molecule has 1 aliphatic rings.